The maximum Gasteiger partial charge on any atom is 0.356 e. The Morgan fingerprint density at radius 1 is 1.23 bits per heavy atom. The number of benzene rings is 2. The molecule has 0 aliphatic rings. The lowest BCUT2D eigenvalue weighted by molar-refractivity contribution is 0.0689. The van der Waals surface area contributed by atoms with Crippen LogP contribution < -0.4 is 4.74 Å². The lowest BCUT2D eigenvalue weighted by Gasteiger charge is -2.13. The van der Waals surface area contributed by atoms with Crippen LogP contribution in [0.15, 0.2) is 53.0 Å². The first-order valence-corrected chi connectivity index (χ1v) is 9.03. The zero-order valence-corrected chi connectivity index (χ0v) is 16.3. The molecule has 1 N–H and O–H groups in total. The van der Waals surface area contributed by atoms with Gasteiger partial charge in [0.05, 0.1) is 6.54 Å². The highest BCUT2D eigenvalue weighted by atomic mass is 79.9. The number of ether oxygens (including phenoxy) is 1. The van der Waals surface area contributed by atoms with E-state index in [1.54, 1.807) is 10.7 Å². The first kappa shape index (κ1) is 18.5. The molecule has 0 fully saturated rings. The molecule has 1 aromatic heterocycles. The van der Waals surface area contributed by atoms with Crippen LogP contribution in [0, 0.1) is 6.92 Å². The Labute approximate surface area is 164 Å². The standard InChI is InChI=1S/C19H16BrClN2O3/c1-12-8-17(19(24)25)22-23(12)10-14-9-15(20)4-7-18(14)26-11-13-2-5-16(21)6-3-13/h2-9H,10-11H2,1H3,(H,24,25). The van der Waals surface area contributed by atoms with Crippen LogP contribution in [0.2, 0.25) is 5.02 Å². The lowest BCUT2D eigenvalue weighted by Crippen LogP contribution is -2.08. The number of aromatic carboxylic acids is 1. The second kappa shape index (κ2) is 7.93. The molecule has 0 unspecified atom stereocenters. The molecule has 0 aliphatic heterocycles. The van der Waals surface area contributed by atoms with Crippen LogP contribution in [0.25, 0.3) is 0 Å². The Balaban J connectivity index is 1.81. The number of carboxylic acid groups (broad SMARTS) is 1. The molecule has 134 valence electrons. The first-order chi connectivity index (χ1) is 12.4. The molecular weight excluding hydrogens is 420 g/mol. The van der Waals surface area contributed by atoms with Crippen LogP contribution in [0.5, 0.6) is 5.75 Å². The SMILES string of the molecule is Cc1cc(C(=O)O)nn1Cc1cc(Br)ccc1OCc1ccc(Cl)cc1. The van der Waals surface area contributed by atoms with Crippen molar-refractivity contribution in [3.8, 4) is 5.75 Å². The highest BCUT2D eigenvalue weighted by Crippen LogP contribution is 2.26. The molecule has 0 atom stereocenters. The average Bonchev–Trinajstić information content (AvgIpc) is 2.97. The van der Waals surface area contributed by atoms with Crippen molar-refractivity contribution in [3.05, 3.63) is 80.5 Å². The van der Waals surface area contributed by atoms with Crippen LogP contribution in [-0.4, -0.2) is 20.9 Å². The quantitative estimate of drug-likeness (QED) is 0.596. The summed E-state index contributed by atoms with van der Waals surface area (Å²) >= 11 is 9.37. The normalized spacial score (nSPS) is 10.7. The Hall–Kier alpha value is -2.31. The van der Waals surface area contributed by atoms with E-state index in [0.717, 1.165) is 27.0 Å². The van der Waals surface area contributed by atoms with Gasteiger partial charge in [0.15, 0.2) is 5.69 Å². The van der Waals surface area contributed by atoms with Gasteiger partial charge >= 0.3 is 5.97 Å². The van der Waals surface area contributed by atoms with E-state index in [-0.39, 0.29) is 5.69 Å². The van der Waals surface area contributed by atoms with Gasteiger partial charge in [-0.15, -0.1) is 0 Å². The number of hydrogen-bond donors (Lipinski definition) is 1. The average molecular weight is 436 g/mol. The summed E-state index contributed by atoms with van der Waals surface area (Å²) in [6.45, 7) is 2.64. The fourth-order valence-corrected chi connectivity index (χ4v) is 3.02. The van der Waals surface area contributed by atoms with Crippen LogP contribution in [0.3, 0.4) is 0 Å². The number of halogens is 2. The van der Waals surface area contributed by atoms with Crippen LogP contribution in [0.4, 0.5) is 0 Å². The number of carboxylic acids is 1. The third-order valence-corrected chi connectivity index (χ3v) is 4.60. The van der Waals surface area contributed by atoms with Gasteiger partial charge in [-0.25, -0.2) is 4.79 Å². The summed E-state index contributed by atoms with van der Waals surface area (Å²) in [7, 11) is 0. The minimum absolute atomic E-state index is 0.0288. The van der Waals surface area contributed by atoms with E-state index in [9.17, 15) is 4.79 Å². The van der Waals surface area contributed by atoms with E-state index in [4.69, 9.17) is 21.4 Å². The van der Waals surface area contributed by atoms with Crippen molar-refractivity contribution in [2.24, 2.45) is 0 Å². The maximum atomic E-state index is 11.1. The van der Waals surface area contributed by atoms with Crippen LogP contribution in [-0.2, 0) is 13.2 Å². The molecule has 0 saturated carbocycles. The second-order valence-corrected chi connectivity index (χ2v) is 7.15. The van der Waals surface area contributed by atoms with Crippen LogP contribution >= 0.6 is 27.5 Å². The molecule has 26 heavy (non-hydrogen) atoms. The number of aromatic nitrogens is 2. The summed E-state index contributed by atoms with van der Waals surface area (Å²) in [5, 5.41) is 13.9. The van der Waals surface area contributed by atoms with Gasteiger partial charge in [-0.05, 0) is 48.9 Å². The fraction of sp³-hybridized carbons (Fsp3) is 0.158. The largest absolute Gasteiger partial charge is 0.489 e. The smallest absolute Gasteiger partial charge is 0.356 e. The van der Waals surface area contributed by atoms with Crippen LogP contribution in [0.1, 0.15) is 27.3 Å². The molecular formula is C19H16BrClN2O3. The predicted octanol–water partition coefficient (Wildman–Crippen LogP) is 4.93. The highest BCUT2D eigenvalue weighted by molar-refractivity contribution is 9.10. The van der Waals surface area contributed by atoms with E-state index in [1.807, 2.05) is 49.4 Å². The Bertz CT molecular complexity index is 938. The van der Waals surface area contributed by atoms with Crippen molar-refractivity contribution in [1.29, 1.82) is 0 Å². The summed E-state index contributed by atoms with van der Waals surface area (Å²) in [6, 6.07) is 14.8. The molecule has 7 heteroatoms. The van der Waals surface area contributed by atoms with Gasteiger partial charge in [0.25, 0.3) is 0 Å². The van der Waals surface area contributed by atoms with E-state index >= 15 is 0 Å². The number of nitrogens with zero attached hydrogens (tertiary/aromatic N) is 2. The van der Waals surface area contributed by atoms with Gasteiger partial charge in [0.2, 0.25) is 0 Å². The molecule has 0 saturated heterocycles. The molecule has 0 bridgehead atoms. The second-order valence-electron chi connectivity index (χ2n) is 5.80. The van der Waals surface area contributed by atoms with Crippen molar-refractivity contribution in [2.45, 2.75) is 20.1 Å². The van der Waals surface area contributed by atoms with Gasteiger partial charge in [0, 0.05) is 20.8 Å². The number of hydrogen-bond acceptors (Lipinski definition) is 3. The van der Waals surface area contributed by atoms with E-state index in [1.165, 1.54) is 0 Å². The third kappa shape index (κ3) is 4.45. The highest BCUT2D eigenvalue weighted by Gasteiger charge is 2.13. The van der Waals surface area contributed by atoms with Gasteiger partial charge in [-0.3, -0.25) is 4.68 Å². The Morgan fingerprint density at radius 2 is 1.96 bits per heavy atom. The van der Waals surface area contributed by atoms with Gasteiger partial charge in [-0.1, -0.05) is 39.7 Å². The molecule has 0 radical (unpaired) electrons. The van der Waals surface area contributed by atoms with E-state index in [2.05, 4.69) is 21.0 Å². The predicted molar refractivity (Wildman–Crippen MR) is 103 cm³/mol. The first-order valence-electron chi connectivity index (χ1n) is 7.86. The molecule has 0 spiro atoms. The number of rotatable bonds is 6. The van der Waals surface area contributed by atoms with Crippen molar-refractivity contribution in [2.75, 3.05) is 0 Å². The van der Waals surface area contributed by atoms with Crippen molar-refractivity contribution in [3.63, 3.8) is 0 Å². The maximum absolute atomic E-state index is 11.1. The Kier molecular flexibility index (Phi) is 5.64. The number of aryl methyl sites for hydroxylation is 1. The molecule has 5 nitrogen and oxygen atoms in total. The topological polar surface area (TPSA) is 64.3 Å². The third-order valence-electron chi connectivity index (χ3n) is 3.85. The molecule has 3 aromatic rings. The van der Waals surface area contributed by atoms with Gasteiger partial charge < -0.3 is 9.84 Å². The zero-order chi connectivity index (χ0) is 18.7. The van der Waals surface area contributed by atoms with Gasteiger partial charge in [0.1, 0.15) is 12.4 Å². The summed E-state index contributed by atoms with van der Waals surface area (Å²) in [5.74, 6) is -0.324. The van der Waals surface area contributed by atoms with Crippen molar-refractivity contribution >= 4 is 33.5 Å². The van der Waals surface area contributed by atoms with Crippen molar-refractivity contribution < 1.29 is 14.6 Å². The minimum Gasteiger partial charge on any atom is -0.489 e. The summed E-state index contributed by atoms with van der Waals surface area (Å²) in [6.07, 6.45) is 0. The van der Waals surface area contributed by atoms with Crippen molar-refractivity contribution in [1.82, 2.24) is 9.78 Å². The van der Waals surface area contributed by atoms with Gasteiger partial charge in [-0.2, -0.15) is 5.10 Å². The molecule has 0 amide bonds. The molecule has 3 rings (SSSR count). The van der Waals surface area contributed by atoms with E-state index in [0.29, 0.717) is 18.2 Å². The fourth-order valence-electron chi connectivity index (χ4n) is 2.49. The van der Waals surface area contributed by atoms with E-state index < -0.39 is 5.97 Å². The monoisotopic (exact) mass is 434 g/mol. The molecule has 2 aromatic carbocycles. The lowest BCUT2D eigenvalue weighted by atomic mass is 10.2. The summed E-state index contributed by atoms with van der Waals surface area (Å²) < 4.78 is 8.53. The summed E-state index contributed by atoms with van der Waals surface area (Å²) in [5.41, 5.74) is 2.70. The molecule has 0 aliphatic carbocycles. The number of carbonyl (C=O) groups is 1. The molecule has 1 heterocycles. The zero-order valence-electron chi connectivity index (χ0n) is 13.9. The Morgan fingerprint density at radius 3 is 2.62 bits per heavy atom. The summed E-state index contributed by atoms with van der Waals surface area (Å²) in [4.78, 5) is 11.1. The minimum atomic E-state index is -1.04.